The zero-order valence-electron chi connectivity index (χ0n) is 15.7. The number of esters is 1. The number of benzene rings is 1. The monoisotopic (exact) mass is 403 g/mol. The maximum absolute atomic E-state index is 12.1. The molecule has 0 spiro atoms. The Bertz CT molecular complexity index is 551. The molecule has 1 rings (SSSR count). The molecule has 0 saturated carbocycles. The molecule has 0 fully saturated rings. The highest BCUT2D eigenvalue weighted by Crippen LogP contribution is 2.13. The maximum atomic E-state index is 12.1. The topological polar surface area (TPSA) is 133 Å². The van der Waals surface area contributed by atoms with Gasteiger partial charge in [-0.05, 0) is 37.3 Å². The van der Waals surface area contributed by atoms with Crippen molar-refractivity contribution in [2.45, 2.75) is 38.0 Å². The number of hydrogen-bond acceptors (Lipinski definition) is 9. The van der Waals surface area contributed by atoms with E-state index < -0.39 is 17.1 Å². The summed E-state index contributed by atoms with van der Waals surface area (Å²) in [6.45, 7) is 1.81. The highest BCUT2D eigenvalue weighted by Gasteiger charge is 2.41. The summed E-state index contributed by atoms with van der Waals surface area (Å²) in [6.07, 6.45) is 3.33. The molecule has 9 nitrogen and oxygen atoms in total. The summed E-state index contributed by atoms with van der Waals surface area (Å²) < 4.78 is 5.03. The van der Waals surface area contributed by atoms with Crippen LogP contribution in [0.2, 0.25) is 0 Å². The first-order valence-electron chi connectivity index (χ1n) is 8.65. The SMILES string of the molecule is CSCCC(N)(O[NH+]([O-])O)C(=O)OCCN(O)C(C)CCc1ccccc1. The standard InChI is InChI=1S/C17H29N3O6S/c1-14(8-9-15-6-4-3-5-7-15)19(22)11-12-25-16(21)17(18,10-13-27-2)26-20(23)24/h3-7,14,20,22-23H,8-13,18H2,1-2H3. The quantitative estimate of drug-likeness (QED) is 0.209. The Balaban J connectivity index is 2.40. The number of nitrogens with zero attached hydrogens (tertiary/aromatic N) is 1. The van der Waals surface area contributed by atoms with E-state index in [0.29, 0.717) is 5.75 Å². The third kappa shape index (κ3) is 9.00. The van der Waals surface area contributed by atoms with Gasteiger partial charge in [-0.1, -0.05) is 35.7 Å². The van der Waals surface area contributed by atoms with Crippen LogP contribution in [0.4, 0.5) is 0 Å². The van der Waals surface area contributed by atoms with Crippen molar-refractivity contribution in [1.82, 2.24) is 5.06 Å². The average Bonchev–Trinajstić information content (AvgIpc) is 2.64. The first-order chi connectivity index (χ1) is 12.8. The second-order valence-corrected chi connectivity index (χ2v) is 7.16. The Morgan fingerprint density at radius 1 is 1.44 bits per heavy atom. The average molecular weight is 404 g/mol. The van der Waals surface area contributed by atoms with E-state index in [9.17, 15) is 15.2 Å². The molecule has 154 valence electrons. The molecule has 0 radical (unpaired) electrons. The van der Waals surface area contributed by atoms with Gasteiger partial charge in [-0.25, -0.2) is 4.79 Å². The predicted molar refractivity (Wildman–Crippen MR) is 101 cm³/mol. The highest BCUT2D eigenvalue weighted by molar-refractivity contribution is 7.98. The lowest BCUT2D eigenvalue weighted by molar-refractivity contribution is -1.21. The van der Waals surface area contributed by atoms with Gasteiger partial charge < -0.3 is 15.2 Å². The Kier molecular flexibility index (Phi) is 10.8. The first kappa shape index (κ1) is 23.8. The zero-order valence-corrected chi connectivity index (χ0v) is 16.5. The molecule has 3 atom stereocenters. The minimum atomic E-state index is -2.05. The van der Waals surface area contributed by atoms with Gasteiger partial charge in [0.1, 0.15) is 6.61 Å². The van der Waals surface area contributed by atoms with Gasteiger partial charge in [-0.3, -0.25) is 5.73 Å². The van der Waals surface area contributed by atoms with Crippen LogP contribution in [0.3, 0.4) is 0 Å². The van der Waals surface area contributed by atoms with Gasteiger partial charge in [0.25, 0.3) is 5.72 Å². The van der Waals surface area contributed by atoms with Crippen LogP contribution in [0, 0.1) is 5.21 Å². The Hall–Kier alpha value is -1.24. The maximum Gasteiger partial charge on any atom is 0.360 e. The number of nitrogens with two attached hydrogens (primary N) is 1. The van der Waals surface area contributed by atoms with E-state index in [1.54, 1.807) is 6.26 Å². The van der Waals surface area contributed by atoms with E-state index in [-0.39, 0.29) is 25.6 Å². The fraction of sp³-hybridized carbons (Fsp3) is 0.588. The summed E-state index contributed by atoms with van der Waals surface area (Å²) in [7, 11) is 0. The van der Waals surface area contributed by atoms with Crippen molar-refractivity contribution in [3.63, 3.8) is 0 Å². The van der Waals surface area contributed by atoms with Gasteiger partial charge in [-0.2, -0.15) is 22.0 Å². The molecule has 0 aliphatic rings. The van der Waals surface area contributed by atoms with Gasteiger partial charge in [0.05, 0.1) is 6.54 Å². The zero-order chi connectivity index (χ0) is 20.3. The van der Waals surface area contributed by atoms with Crippen molar-refractivity contribution < 1.29 is 30.2 Å². The largest absolute Gasteiger partial charge is 0.566 e. The summed E-state index contributed by atoms with van der Waals surface area (Å²) in [6, 6.07) is 9.78. The summed E-state index contributed by atoms with van der Waals surface area (Å²) in [5, 5.41) is 29.1. The number of aryl methyl sites for hydroxylation is 1. The summed E-state index contributed by atoms with van der Waals surface area (Å²) in [5.41, 5.74) is 4.88. The molecule has 27 heavy (non-hydrogen) atoms. The van der Waals surface area contributed by atoms with Crippen molar-refractivity contribution in [3.05, 3.63) is 41.1 Å². The normalized spacial score (nSPS) is 16.0. The van der Waals surface area contributed by atoms with Crippen molar-refractivity contribution in [2.75, 3.05) is 25.2 Å². The smallest absolute Gasteiger partial charge is 0.360 e. The van der Waals surface area contributed by atoms with E-state index in [1.807, 2.05) is 37.3 Å². The lowest BCUT2D eigenvalue weighted by Crippen LogP contribution is -3.06. The second kappa shape index (κ2) is 12.3. The molecule has 0 aliphatic carbocycles. The van der Waals surface area contributed by atoms with Crippen molar-refractivity contribution >= 4 is 17.7 Å². The number of quaternary nitrogens is 1. The number of carbonyl (C=O) groups excluding carboxylic acids is 1. The van der Waals surface area contributed by atoms with E-state index >= 15 is 0 Å². The molecule has 1 aromatic carbocycles. The summed E-state index contributed by atoms with van der Waals surface area (Å²) in [4.78, 5) is 16.6. The molecular weight excluding hydrogens is 374 g/mol. The fourth-order valence-electron chi connectivity index (χ4n) is 2.35. The van der Waals surface area contributed by atoms with Gasteiger partial charge >= 0.3 is 5.97 Å². The fourth-order valence-corrected chi connectivity index (χ4v) is 2.86. The molecule has 0 aliphatic heterocycles. The number of hydroxylamine groups is 2. The van der Waals surface area contributed by atoms with Crippen molar-refractivity contribution in [3.8, 4) is 0 Å². The van der Waals surface area contributed by atoms with E-state index in [2.05, 4.69) is 4.84 Å². The van der Waals surface area contributed by atoms with Crippen molar-refractivity contribution in [2.24, 2.45) is 5.73 Å². The molecule has 0 amide bonds. The number of ether oxygens (including phenoxy) is 1. The molecule has 0 bridgehead atoms. The number of nitrogens with one attached hydrogen (secondary N) is 1. The minimum absolute atomic E-state index is 0.00435. The Labute approximate surface area is 163 Å². The molecule has 10 heteroatoms. The van der Waals surface area contributed by atoms with Gasteiger partial charge in [0, 0.05) is 12.5 Å². The van der Waals surface area contributed by atoms with E-state index in [4.69, 9.17) is 15.7 Å². The number of rotatable bonds is 13. The number of carbonyl (C=O) groups is 1. The molecule has 1 aromatic rings. The third-order valence-corrected chi connectivity index (χ3v) is 4.66. The van der Waals surface area contributed by atoms with Crippen molar-refractivity contribution in [1.29, 1.82) is 0 Å². The van der Waals surface area contributed by atoms with E-state index in [0.717, 1.165) is 17.9 Å². The summed E-state index contributed by atoms with van der Waals surface area (Å²) in [5.74, 6) is -0.536. The van der Waals surface area contributed by atoms with Crippen LogP contribution in [0.1, 0.15) is 25.3 Å². The molecule has 3 unspecified atom stereocenters. The van der Waals surface area contributed by atoms with Crippen LogP contribution in [0.25, 0.3) is 0 Å². The van der Waals surface area contributed by atoms with Crippen LogP contribution in [0.5, 0.6) is 0 Å². The molecule has 0 heterocycles. The van der Waals surface area contributed by atoms with Crippen LogP contribution < -0.4 is 11.1 Å². The van der Waals surface area contributed by atoms with Crippen LogP contribution in [-0.4, -0.2) is 58.4 Å². The minimum Gasteiger partial charge on any atom is -0.566 e. The predicted octanol–water partition coefficient (Wildman–Crippen LogP) is 0.354. The molecule has 0 saturated heterocycles. The highest BCUT2D eigenvalue weighted by atomic mass is 32.2. The first-order valence-corrected chi connectivity index (χ1v) is 10.0. The Morgan fingerprint density at radius 2 is 2.11 bits per heavy atom. The lowest BCUT2D eigenvalue weighted by Gasteiger charge is -2.28. The third-order valence-electron chi connectivity index (χ3n) is 4.05. The van der Waals surface area contributed by atoms with Gasteiger partial charge in [0.2, 0.25) is 0 Å². The second-order valence-electron chi connectivity index (χ2n) is 6.17. The van der Waals surface area contributed by atoms with Crippen LogP contribution in [-0.2, 0) is 20.8 Å². The lowest BCUT2D eigenvalue weighted by atomic mass is 10.1. The summed E-state index contributed by atoms with van der Waals surface area (Å²) >= 11 is 1.40. The molecule has 0 aromatic heterocycles. The van der Waals surface area contributed by atoms with Crippen LogP contribution >= 0.6 is 11.8 Å². The Morgan fingerprint density at radius 3 is 2.70 bits per heavy atom. The number of hydrogen-bond donors (Lipinski definition) is 4. The molecule has 5 N–H and O–H groups in total. The number of thioether (sulfide) groups is 1. The molecular formula is C17H29N3O6S. The van der Waals surface area contributed by atoms with Gasteiger partial charge in [-0.15, -0.1) is 4.84 Å². The van der Waals surface area contributed by atoms with E-state index in [1.165, 1.54) is 17.3 Å². The van der Waals surface area contributed by atoms with Crippen LogP contribution in [0.15, 0.2) is 30.3 Å². The van der Waals surface area contributed by atoms with Gasteiger partial charge in [0.15, 0.2) is 0 Å².